The minimum absolute atomic E-state index is 0.282. The quantitative estimate of drug-likeness (QED) is 0.721. The van der Waals surface area contributed by atoms with E-state index in [1.165, 1.54) is 0 Å². The molecule has 22 heavy (non-hydrogen) atoms. The van der Waals surface area contributed by atoms with Crippen molar-refractivity contribution in [3.63, 3.8) is 0 Å². The Morgan fingerprint density at radius 2 is 1.82 bits per heavy atom. The number of hydrogen-bond acceptors (Lipinski definition) is 4. The Hall–Kier alpha value is -3.26. The average Bonchev–Trinajstić information content (AvgIpc) is 2.94. The van der Waals surface area contributed by atoms with Crippen LogP contribution in [0.15, 0.2) is 60.2 Å². The molecule has 2 heterocycles. The second kappa shape index (κ2) is 4.64. The maximum Gasteiger partial charge on any atom is 0.210 e. The van der Waals surface area contributed by atoms with Crippen LogP contribution in [0.3, 0.4) is 0 Å². The van der Waals surface area contributed by atoms with Crippen LogP contribution in [0.2, 0.25) is 0 Å². The fourth-order valence-electron chi connectivity index (χ4n) is 2.85. The van der Waals surface area contributed by atoms with Crippen molar-refractivity contribution >= 4 is 22.8 Å². The van der Waals surface area contributed by atoms with Gasteiger partial charge in [-0.25, -0.2) is 4.98 Å². The molecule has 3 aromatic rings. The van der Waals surface area contributed by atoms with E-state index in [1.54, 1.807) is 4.57 Å². The Labute approximate surface area is 127 Å². The van der Waals surface area contributed by atoms with Gasteiger partial charge in [0.15, 0.2) is 0 Å². The van der Waals surface area contributed by atoms with Gasteiger partial charge in [0.05, 0.1) is 22.6 Å². The van der Waals surface area contributed by atoms with E-state index >= 15 is 0 Å². The fourth-order valence-corrected chi connectivity index (χ4v) is 2.85. The summed E-state index contributed by atoms with van der Waals surface area (Å²) in [5.41, 5.74) is 9.50. The van der Waals surface area contributed by atoms with Gasteiger partial charge in [-0.2, -0.15) is 5.26 Å². The molecule has 1 aliphatic rings. The smallest absolute Gasteiger partial charge is 0.210 e. The van der Waals surface area contributed by atoms with Crippen molar-refractivity contribution in [3.05, 3.63) is 65.7 Å². The summed E-state index contributed by atoms with van der Waals surface area (Å²) in [6.07, 6.45) is 0. The van der Waals surface area contributed by atoms with Crippen molar-refractivity contribution in [3.8, 4) is 6.07 Å². The van der Waals surface area contributed by atoms with Gasteiger partial charge in [0, 0.05) is 0 Å². The van der Waals surface area contributed by atoms with Crippen molar-refractivity contribution in [2.24, 2.45) is 5.73 Å². The van der Waals surface area contributed by atoms with Crippen molar-refractivity contribution in [1.82, 2.24) is 9.55 Å². The molecule has 0 radical (unpaired) electrons. The third-order valence-corrected chi connectivity index (χ3v) is 3.89. The highest BCUT2D eigenvalue weighted by atomic mass is 15.3. The molecule has 1 unspecified atom stereocenters. The molecule has 0 saturated heterocycles. The van der Waals surface area contributed by atoms with Crippen LogP contribution in [0.5, 0.6) is 0 Å². The Balaban J connectivity index is 1.96. The zero-order valence-electron chi connectivity index (χ0n) is 11.7. The molecule has 5 heteroatoms. The normalized spacial score (nSPS) is 17.0. The molecule has 106 valence electrons. The van der Waals surface area contributed by atoms with E-state index in [-0.39, 0.29) is 6.04 Å². The molecule has 0 fully saturated rings. The Morgan fingerprint density at radius 1 is 1.09 bits per heavy atom. The molecule has 0 saturated carbocycles. The van der Waals surface area contributed by atoms with Crippen LogP contribution in [0.1, 0.15) is 11.6 Å². The first-order chi connectivity index (χ1) is 10.8. The van der Waals surface area contributed by atoms with E-state index in [4.69, 9.17) is 5.73 Å². The summed E-state index contributed by atoms with van der Waals surface area (Å²) in [7, 11) is 0. The van der Waals surface area contributed by atoms with Gasteiger partial charge in [-0.3, -0.25) is 4.57 Å². The number of nitriles is 1. The number of aromatic nitrogens is 2. The third-order valence-electron chi connectivity index (χ3n) is 3.89. The average molecular weight is 287 g/mol. The molecular formula is C17H13N5. The maximum absolute atomic E-state index is 9.57. The topological polar surface area (TPSA) is 79.7 Å². The number of para-hydroxylation sites is 2. The lowest BCUT2D eigenvalue weighted by molar-refractivity contribution is 0.857. The van der Waals surface area contributed by atoms with E-state index in [0.717, 1.165) is 16.6 Å². The summed E-state index contributed by atoms with van der Waals surface area (Å²) in [4.78, 5) is 4.58. The summed E-state index contributed by atoms with van der Waals surface area (Å²) in [6, 6.07) is 19.5. The molecule has 1 atom stereocenters. The van der Waals surface area contributed by atoms with Gasteiger partial charge < -0.3 is 11.1 Å². The Morgan fingerprint density at radius 3 is 2.59 bits per heavy atom. The van der Waals surface area contributed by atoms with E-state index in [1.807, 2.05) is 54.6 Å². The number of benzene rings is 2. The van der Waals surface area contributed by atoms with Gasteiger partial charge >= 0.3 is 0 Å². The maximum atomic E-state index is 9.57. The number of nitrogens with two attached hydrogens (primary N) is 1. The molecule has 0 spiro atoms. The molecule has 1 aliphatic heterocycles. The highest BCUT2D eigenvalue weighted by molar-refractivity contribution is 5.85. The highest BCUT2D eigenvalue weighted by Gasteiger charge is 2.29. The highest BCUT2D eigenvalue weighted by Crippen LogP contribution is 2.35. The summed E-state index contributed by atoms with van der Waals surface area (Å²) < 4.78 is 1.80. The lowest BCUT2D eigenvalue weighted by Crippen LogP contribution is -2.26. The standard InChI is InChI=1S/C17H13N5/c18-10-12-15(11-6-2-1-3-7-11)21-17-20-13-8-4-5-9-14(13)22(17)16(12)19/h1-9,15H,19H2,(H,20,21). The number of hydrogen-bond donors (Lipinski definition) is 2. The van der Waals surface area contributed by atoms with Gasteiger partial charge in [-0.1, -0.05) is 42.5 Å². The van der Waals surface area contributed by atoms with Gasteiger partial charge in [0.2, 0.25) is 5.95 Å². The fraction of sp³-hybridized carbons (Fsp3) is 0.0588. The number of rotatable bonds is 1. The molecule has 0 bridgehead atoms. The van der Waals surface area contributed by atoms with Gasteiger partial charge in [-0.05, 0) is 17.7 Å². The number of fused-ring (bicyclic) bond motifs is 3. The van der Waals surface area contributed by atoms with Crippen molar-refractivity contribution in [1.29, 1.82) is 5.26 Å². The van der Waals surface area contributed by atoms with Crippen LogP contribution in [0.4, 0.5) is 5.95 Å². The van der Waals surface area contributed by atoms with E-state index < -0.39 is 0 Å². The summed E-state index contributed by atoms with van der Waals surface area (Å²) in [5.74, 6) is 1.09. The first kappa shape index (κ1) is 12.5. The zero-order chi connectivity index (χ0) is 15.1. The van der Waals surface area contributed by atoms with Crippen LogP contribution in [0, 0.1) is 11.3 Å². The Kier molecular flexibility index (Phi) is 2.63. The molecule has 5 nitrogen and oxygen atoms in total. The molecule has 0 amide bonds. The van der Waals surface area contributed by atoms with E-state index in [2.05, 4.69) is 16.4 Å². The van der Waals surface area contributed by atoms with E-state index in [9.17, 15) is 5.26 Å². The zero-order valence-corrected chi connectivity index (χ0v) is 11.7. The van der Waals surface area contributed by atoms with Crippen molar-refractivity contribution in [2.75, 3.05) is 5.32 Å². The molecule has 2 aromatic carbocycles. The minimum Gasteiger partial charge on any atom is -0.384 e. The van der Waals surface area contributed by atoms with E-state index in [0.29, 0.717) is 17.3 Å². The molecule has 1 aromatic heterocycles. The minimum atomic E-state index is -0.282. The number of nitrogens with one attached hydrogen (secondary N) is 1. The number of imidazole rings is 1. The van der Waals surface area contributed by atoms with Crippen LogP contribution >= 0.6 is 0 Å². The molecule has 3 N–H and O–H groups in total. The lowest BCUT2D eigenvalue weighted by Gasteiger charge is -2.26. The van der Waals surface area contributed by atoms with Gasteiger partial charge in [-0.15, -0.1) is 0 Å². The second-order valence-electron chi connectivity index (χ2n) is 5.16. The molecule has 4 rings (SSSR count). The first-order valence-corrected chi connectivity index (χ1v) is 6.98. The predicted molar refractivity (Wildman–Crippen MR) is 85.6 cm³/mol. The molecular weight excluding hydrogens is 274 g/mol. The third kappa shape index (κ3) is 1.68. The lowest BCUT2D eigenvalue weighted by atomic mass is 9.98. The summed E-state index contributed by atoms with van der Waals surface area (Å²) in [6.45, 7) is 0. The van der Waals surface area contributed by atoms with Crippen LogP contribution in [0.25, 0.3) is 16.9 Å². The van der Waals surface area contributed by atoms with Crippen LogP contribution < -0.4 is 11.1 Å². The van der Waals surface area contributed by atoms with Gasteiger partial charge in [0.25, 0.3) is 0 Å². The van der Waals surface area contributed by atoms with Crippen LogP contribution in [-0.4, -0.2) is 9.55 Å². The van der Waals surface area contributed by atoms with Gasteiger partial charge in [0.1, 0.15) is 11.9 Å². The predicted octanol–water partition coefficient (Wildman–Crippen LogP) is 2.85. The SMILES string of the molecule is N#CC1=C(N)n2c(nc3ccccc32)NC1c1ccccc1. The summed E-state index contributed by atoms with van der Waals surface area (Å²) >= 11 is 0. The Bertz CT molecular complexity index is 931. The summed E-state index contributed by atoms with van der Waals surface area (Å²) in [5, 5.41) is 12.9. The first-order valence-electron chi connectivity index (χ1n) is 6.98. The van der Waals surface area contributed by atoms with Crippen molar-refractivity contribution < 1.29 is 0 Å². The van der Waals surface area contributed by atoms with Crippen LogP contribution in [-0.2, 0) is 0 Å². The monoisotopic (exact) mass is 287 g/mol. The second-order valence-corrected chi connectivity index (χ2v) is 5.16. The number of nitrogens with zero attached hydrogens (tertiary/aromatic N) is 3. The molecule has 0 aliphatic carbocycles. The largest absolute Gasteiger partial charge is 0.384 e. The number of anilines is 1. The van der Waals surface area contributed by atoms with Crippen molar-refractivity contribution in [2.45, 2.75) is 6.04 Å².